The van der Waals surface area contributed by atoms with Crippen LogP contribution in [0.4, 0.5) is 0 Å². The molecule has 3 unspecified atom stereocenters. The third kappa shape index (κ3) is 2.10. The molecule has 1 fully saturated rings. The third-order valence-corrected chi connectivity index (χ3v) is 15.4. The zero-order valence-electron chi connectivity index (χ0n) is 12.6. The van der Waals surface area contributed by atoms with Crippen molar-refractivity contribution in [1.82, 2.24) is 4.23 Å². The van der Waals surface area contributed by atoms with E-state index in [9.17, 15) is 0 Å². The fourth-order valence-electron chi connectivity index (χ4n) is 3.53. The van der Waals surface area contributed by atoms with E-state index in [0.29, 0.717) is 0 Å². The van der Waals surface area contributed by atoms with E-state index < -0.39 is 17.2 Å². The van der Waals surface area contributed by atoms with E-state index in [4.69, 9.17) is 0 Å². The summed E-state index contributed by atoms with van der Waals surface area (Å²) in [7, 11) is -2.46. The van der Waals surface area contributed by atoms with Gasteiger partial charge in [-0.25, -0.2) is 0 Å². The Kier molecular flexibility index (Phi) is 3.67. The summed E-state index contributed by atoms with van der Waals surface area (Å²) in [5.74, 6) is 0. The highest BCUT2D eigenvalue weighted by molar-refractivity contribution is 6.99. The summed E-state index contributed by atoms with van der Waals surface area (Å²) in [6.07, 6.45) is 0. The van der Waals surface area contributed by atoms with Crippen molar-refractivity contribution in [1.29, 1.82) is 0 Å². The van der Waals surface area contributed by atoms with Crippen molar-refractivity contribution >= 4 is 27.6 Å². The van der Waals surface area contributed by atoms with E-state index in [2.05, 4.69) is 84.9 Å². The summed E-state index contributed by atoms with van der Waals surface area (Å²) in [4.78, 5) is 0. The predicted molar refractivity (Wildman–Crippen MR) is 92.9 cm³/mol. The minimum absolute atomic E-state index is 0.864. The molecule has 0 aromatic heterocycles. The number of hydrogen-bond donors (Lipinski definition) is 0. The lowest BCUT2D eigenvalue weighted by molar-refractivity contribution is 0.507. The SMILES string of the molecule is CC1CN([SiH](C)c2ccccc2)[Si]1(C)c1ccccc1. The van der Waals surface area contributed by atoms with Crippen LogP contribution in [-0.4, -0.2) is 28.0 Å². The Morgan fingerprint density at radius 3 is 2.10 bits per heavy atom. The molecule has 20 heavy (non-hydrogen) atoms. The smallest absolute Gasteiger partial charge is 0.154 e. The van der Waals surface area contributed by atoms with Crippen LogP contribution in [0.3, 0.4) is 0 Å². The van der Waals surface area contributed by atoms with Gasteiger partial charge in [0, 0.05) is 0 Å². The maximum absolute atomic E-state index is 2.91. The molecule has 0 saturated carbocycles. The molecule has 0 amide bonds. The van der Waals surface area contributed by atoms with Crippen molar-refractivity contribution in [2.45, 2.75) is 25.6 Å². The Morgan fingerprint density at radius 1 is 1.00 bits per heavy atom. The molecule has 3 atom stereocenters. The normalized spacial score (nSPS) is 27.9. The van der Waals surface area contributed by atoms with Gasteiger partial charge in [0.2, 0.25) is 0 Å². The lowest BCUT2D eigenvalue weighted by atomic mass is 10.4. The molecule has 1 aliphatic rings. The summed E-state index contributed by atoms with van der Waals surface area (Å²) >= 11 is 0. The number of benzene rings is 2. The molecular weight excluding hydrogens is 274 g/mol. The van der Waals surface area contributed by atoms with Crippen LogP contribution < -0.4 is 10.4 Å². The molecule has 0 radical (unpaired) electrons. The van der Waals surface area contributed by atoms with Crippen LogP contribution in [0.15, 0.2) is 60.7 Å². The van der Waals surface area contributed by atoms with E-state index in [1.165, 1.54) is 6.54 Å². The van der Waals surface area contributed by atoms with Gasteiger partial charge in [-0.1, -0.05) is 80.7 Å². The van der Waals surface area contributed by atoms with Crippen LogP contribution >= 0.6 is 0 Å². The lowest BCUT2D eigenvalue weighted by Crippen LogP contribution is -2.77. The molecule has 0 N–H and O–H groups in total. The Labute approximate surface area is 125 Å². The molecule has 1 nitrogen and oxygen atoms in total. The summed E-state index contributed by atoms with van der Waals surface area (Å²) in [5, 5.41) is 3.18. The van der Waals surface area contributed by atoms with Crippen molar-refractivity contribution in [3.63, 3.8) is 0 Å². The molecule has 0 spiro atoms. The van der Waals surface area contributed by atoms with Crippen molar-refractivity contribution in [2.24, 2.45) is 0 Å². The van der Waals surface area contributed by atoms with Gasteiger partial charge >= 0.3 is 0 Å². The minimum Gasteiger partial charge on any atom is -0.341 e. The van der Waals surface area contributed by atoms with Gasteiger partial charge < -0.3 is 4.23 Å². The van der Waals surface area contributed by atoms with Crippen molar-refractivity contribution in [2.75, 3.05) is 6.54 Å². The molecule has 1 saturated heterocycles. The van der Waals surface area contributed by atoms with Crippen LogP contribution in [0.5, 0.6) is 0 Å². The molecule has 3 rings (SSSR count). The first kappa shape index (κ1) is 13.8. The fourth-order valence-corrected chi connectivity index (χ4v) is 13.6. The average Bonchev–Trinajstić information content (AvgIpc) is 2.52. The Hall–Kier alpha value is -1.17. The molecule has 3 heteroatoms. The highest BCUT2D eigenvalue weighted by Gasteiger charge is 2.52. The van der Waals surface area contributed by atoms with E-state index in [-0.39, 0.29) is 0 Å². The standard InChI is InChI=1S/C17H23NSi2/c1-15-14-18(19(2)16-10-6-4-7-11-16)20(15,3)17-12-8-5-9-13-17/h4-13,15,19H,14H2,1-3H3. The zero-order chi connectivity index (χ0) is 14.2. The van der Waals surface area contributed by atoms with E-state index >= 15 is 0 Å². The Balaban J connectivity index is 1.92. The Morgan fingerprint density at radius 2 is 1.55 bits per heavy atom. The maximum atomic E-state index is 2.91. The number of hydrogen-bond acceptors (Lipinski definition) is 1. The van der Waals surface area contributed by atoms with Gasteiger partial charge in [0.15, 0.2) is 8.24 Å². The summed E-state index contributed by atoms with van der Waals surface area (Å²) < 4.78 is 2.91. The first-order valence-corrected chi connectivity index (χ1v) is 12.3. The van der Waals surface area contributed by atoms with E-state index in [1.54, 1.807) is 10.4 Å². The maximum Gasteiger partial charge on any atom is 0.154 e. The lowest BCUT2D eigenvalue weighted by Gasteiger charge is -2.57. The first-order chi connectivity index (χ1) is 9.64. The van der Waals surface area contributed by atoms with Crippen LogP contribution in [0.1, 0.15) is 6.92 Å². The molecule has 2 aromatic rings. The largest absolute Gasteiger partial charge is 0.341 e. The number of nitrogens with zero attached hydrogens (tertiary/aromatic N) is 1. The van der Waals surface area contributed by atoms with Gasteiger partial charge in [-0.15, -0.1) is 0 Å². The molecule has 1 heterocycles. The Bertz CT molecular complexity index is 572. The van der Waals surface area contributed by atoms with Crippen molar-refractivity contribution in [3.05, 3.63) is 60.7 Å². The quantitative estimate of drug-likeness (QED) is 0.787. The summed E-state index contributed by atoms with van der Waals surface area (Å²) in [6, 6.07) is 22.4. The van der Waals surface area contributed by atoms with E-state index in [1.807, 2.05) is 0 Å². The topological polar surface area (TPSA) is 3.24 Å². The van der Waals surface area contributed by atoms with Crippen LogP contribution in [0.25, 0.3) is 0 Å². The second-order valence-corrected chi connectivity index (χ2v) is 13.7. The third-order valence-electron chi connectivity index (χ3n) is 5.13. The fraction of sp³-hybridized carbons (Fsp3) is 0.294. The molecule has 1 aliphatic heterocycles. The molecule has 0 aliphatic carbocycles. The molecule has 0 bridgehead atoms. The van der Waals surface area contributed by atoms with Crippen LogP contribution in [0, 0.1) is 0 Å². The molecule has 2 aromatic carbocycles. The average molecular weight is 298 g/mol. The van der Waals surface area contributed by atoms with Crippen LogP contribution in [-0.2, 0) is 0 Å². The van der Waals surface area contributed by atoms with Crippen molar-refractivity contribution < 1.29 is 0 Å². The predicted octanol–water partition coefficient (Wildman–Crippen LogP) is 2.44. The van der Waals surface area contributed by atoms with Gasteiger partial charge in [-0.2, -0.15) is 0 Å². The van der Waals surface area contributed by atoms with E-state index in [0.717, 1.165) is 5.54 Å². The monoisotopic (exact) mass is 297 g/mol. The van der Waals surface area contributed by atoms with Gasteiger partial charge in [-0.3, -0.25) is 0 Å². The first-order valence-electron chi connectivity index (χ1n) is 7.51. The highest BCUT2D eigenvalue weighted by atomic mass is 28.4. The number of rotatable bonds is 3. The second kappa shape index (κ2) is 5.32. The van der Waals surface area contributed by atoms with Crippen molar-refractivity contribution in [3.8, 4) is 0 Å². The summed E-state index contributed by atoms with van der Waals surface area (Å²) in [5.41, 5.74) is 0.864. The van der Waals surface area contributed by atoms with Gasteiger partial charge in [0.05, 0.1) is 0 Å². The zero-order valence-corrected chi connectivity index (χ0v) is 14.7. The van der Waals surface area contributed by atoms with Gasteiger partial charge in [0.25, 0.3) is 0 Å². The molecule has 104 valence electrons. The summed E-state index contributed by atoms with van der Waals surface area (Å²) in [6.45, 7) is 8.79. The highest BCUT2D eigenvalue weighted by Crippen LogP contribution is 2.37. The van der Waals surface area contributed by atoms with Gasteiger partial charge in [0.1, 0.15) is 8.96 Å². The second-order valence-electron chi connectivity index (χ2n) is 6.15. The van der Waals surface area contributed by atoms with Crippen LogP contribution in [0.2, 0.25) is 18.6 Å². The molecular formula is C17H23NSi2. The van der Waals surface area contributed by atoms with Gasteiger partial charge in [-0.05, 0) is 22.5 Å². The minimum atomic E-state index is -1.46.